The van der Waals surface area contributed by atoms with Gasteiger partial charge in [-0.2, -0.15) is 0 Å². The zero-order valence-corrected chi connectivity index (χ0v) is 12.2. The Morgan fingerprint density at radius 1 is 1.47 bits per heavy atom. The van der Waals surface area contributed by atoms with Crippen molar-refractivity contribution in [3.8, 4) is 0 Å². The molecule has 0 aromatic rings. The quantitative estimate of drug-likeness (QED) is 0.803. The fourth-order valence-electron chi connectivity index (χ4n) is 3.04. The van der Waals surface area contributed by atoms with E-state index < -0.39 is 0 Å². The second-order valence-electron chi connectivity index (χ2n) is 6.16. The van der Waals surface area contributed by atoms with Gasteiger partial charge in [-0.1, -0.05) is 20.8 Å². The Kier molecular flexibility index (Phi) is 5.42. The molecule has 1 rings (SSSR count). The third kappa shape index (κ3) is 3.67. The summed E-state index contributed by atoms with van der Waals surface area (Å²) in [5.74, 6) is 0.680. The zero-order chi connectivity index (χ0) is 13.1. The topological polar surface area (TPSA) is 38.5 Å². The second-order valence-corrected chi connectivity index (χ2v) is 6.16. The minimum absolute atomic E-state index is 0.118. The Hall–Kier alpha value is -0.120. The minimum atomic E-state index is 0.118. The molecule has 1 aliphatic rings. The van der Waals surface area contributed by atoms with E-state index >= 15 is 0 Å². The van der Waals surface area contributed by atoms with Crippen molar-refractivity contribution < 1.29 is 4.74 Å². The van der Waals surface area contributed by atoms with Gasteiger partial charge in [-0.3, -0.25) is 4.90 Å². The van der Waals surface area contributed by atoms with Crippen LogP contribution in [0.15, 0.2) is 0 Å². The van der Waals surface area contributed by atoms with E-state index in [1.165, 1.54) is 0 Å². The molecule has 2 N–H and O–H groups in total. The average molecular weight is 242 g/mol. The molecule has 17 heavy (non-hydrogen) atoms. The van der Waals surface area contributed by atoms with Crippen molar-refractivity contribution in [2.24, 2.45) is 11.7 Å². The summed E-state index contributed by atoms with van der Waals surface area (Å²) < 4.78 is 5.77. The van der Waals surface area contributed by atoms with Crippen molar-refractivity contribution in [1.82, 2.24) is 4.90 Å². The fraction of sp³-hybridized carbons (Fsp3) is 1.00. The first-order valence-corrected chi connectivity index (χ1v) is 7.01. The molecule has 0 saturated carbocycles. The maximum Gasteiger partial charge on any atom is 0.0675 e. The fourth-order valence-corrected chi connectivity index (χ4v) is 3.04. The molecule has 1 saturated heterocycles. The molecule has 1 fully saturated rings. The summed E-state index contributed by atoms with van der Waals surface area (Å²) in [6, 6.07) is 0.526. The van der Waals surface area contributed by atoms with Gasteiger partial charge in [-0.05, 0) is 32.6 Å². The van der Waals surface area contributed by atoms with Gasteiger partial charge < -0.3 is 10.5 Å². The Morgan fingerprint density at radius 3 is 2.59 bits per heavy atom. The van der Waals surface area contributed by atoms with E-state index in [2.05, 4.69) is 39.5 Å². The van der Waals surface area contributed by atoms with Crippen molar-refractivity contribution in [3.63, 3.8) is 0 Å². The van der Waals surface area contributed by atoms with Crippen molar-refractivity contribution in [3.05, 3.63) is 0 Å². The van der Waals surface area contributed by atoms with Crippen LogP contribution in [0.3, 0.4) is 0 Å². The summed E-state index contributed by atoms with van der Waals surface area (Å²) in [6.07, 6.45) is 2.63. The maximum absolute atomic E-state index is 6.07. The molecule has 3 unspecified atom stereocenters. The van der Waals surface area contributed by atoms with Gasteiger partial charge in [0.15, 0.2) is 0 Å². The summed E-state index contributed by atoms with van der Waals surface area (Å²) in [7, 11) is 0. The van der Waals surface area contributed by atoms with E-state index in [0.29, 0.717) is 18.1 Å². The van der Waals surface area contributed by atoms with E-state index in [1.807, 2.05) is 0 Å². The van der Waals surface area contributed by atoms with E-state index in [-0.39, 0.29) is 5.54 Å². The number of ether oxygens (including phenoxy) is 1. The van der Waals surface area contributed by atoms with Crippen molar-refractivity contribution in [2.45, 2.75) is 65.1 Å². The lowest BCUT2D eigenvalue weighted by Crippen LogP contribution is -2.62. The predicted molar refractivity (Wildman–Crippen MR) is 73.1 cm³/mol. The van der Waals surface area contributed by atoms with Gasteiger partial charge in [0.2, 0.25) is 0 Å². The molecule has 0 bridgehead atoms. The second kappa shape index (κ2) is 6.17. The third-order valence-electron chi connectivity index (χ3n) is 3.92. The van der Waals surface area contributed by atoms with Crippen LogP contribution < -0.4 is 5.73 Å². The summed E-state index contributed by atoms with van der Waals surface area (Å²) in [6.45, 7) is 13.9. The van der Waals surface area contributed by atoms with E-state index in [1.54, 1.807) is 0 Å². The number of nitrogens with two attached hydrogens (primary N) is 1. The molecule has 102 valence electrons. The highest BCUT2D eigenvalue weighted by molar-refractivity contribution is 4.94. The molecule has 1 heterocycles. The highest BCUT2D eigenvalue weighted by atomic mass is 16.5. The maximum atomic E-state index is 6.07. The van der Waals surface area contributed by atoms with Gasteiger partial charge in [-0.15, -0.1) is 0 Å². The van der Waals surface area contributed by atoms with Crippen molar-refractivity contribution >= 4 is 0 Å². The first-order chi connectivity index (χ1) is 7.92. The lowest BCUT2D eigenvalue weighted by Gasteiger charge is -2.50. The van der Waals surface area contributed by atoms with Gasteiger partial charge in [0.1, 0.15) is 0 Å². The molecular weight excluding hydrogens is 212 g/mol. The number of hydrogen-bond acceptors (Lipinski definition) is 3. The molecule has 1 aliphatic heterocycles. The molecule has 0 radical (unpaired) electrons. The van der Waals surface area contributed by atoms with Gasteiger partial charge in [0, 0.05) is 24.7 Å². The predicted octanol–water partition coefficient (Wildman–Crippen LogP) is 2.25. The first kappa shape index (κ1) is 14.9. The molecule has 0 aromatic carbocycles. The largest absolute Gasteiger partial charge is 0.376 e. The lowest BCUT2D eigenvalue weighted by molar-refractivity contribution is -0.0987. The molecule has 0 aliphatic carbocycles. The number of rotatable bonds is 5. The smallest absolute Gasteiger partial charge is 0.0675 e. The zero-order valence-electron chi connectivity index (χ0n) is 12.2. The highest BCUT2D eigenvalue weighted by Crippen LogP contribution is 2.29. The van der Waals surface area contributed by atoms with Crippen molar-refractivity contribution in [2.75, 3.05) is 19.7 Å². The van der Waals surface area contributed by atoms with Crippen LogP contribution in [0.1, 0.15) is 47.5 Å². The molecule has 0 spiro atoms. The summed E-state index contributed by atoms with van der Waals surface area (Å²) in [4.78, 5) is 2.60. The Balaban J connectivity index is 2.82. The Labute approximate surface area is 107 Å². The van der Waals surface area contributed by atoms with Gasteiger partial charge in [0.25, 0.3) is 0 Å². The van der Waals surface area contributed by atoms with E-state index in [0.717, 1.165) is 32.5 Å². The molecule has 0 aromatic heterocycles. The monoisotopic (exact) mass is 242 g/mol. The molecule has 3 nitrogen and oxygen atoms in total. The summed E-state index contributed by atoms with van der Waals surface area (Å²) in [5.41, 5.74) is 6.18. The number of morpholine rings is 1. The molecule has 3 atom stereocenters. The molecular formula is C14H30N2O. The normalized spacial score (nSPS) is 30.5. The van der Waals surface area contributed by atoms with Crippen LogP contribution >= 0.6 is 0 Å². The average Bonchev–Trinajstić information content (AvgIpc) is 2.28. The molecule has 0 amide bonds. The Bertz CT molecular complexity index is 232. The first-order valence-electron chi connectivity index (χ1n) is 7.01. The van der Waals surface area contributed by atoms with Gasteiger partial charge in [0.05, 0.1) is 12.7 Å². The van der Waals surface area contributed by atoms with Crippen LogP contribution in [0.5, 0.6) is 0 Å². The van der Waals surface area contributed by atoms with Crippen LogP contribution in [-0.2, 0) is 4.74 Å². The van der Waals surface area contributed by atoms with Crippen molar-refractivity contribution in [1.29, 1.82) is 0 Å². The van der Waals surface area contributed by atoms with Gasteiger partial charge in [-0.25, -0.2) is 0 Å². The summed E-state index contributed by atoms with van der Waals surface area (Å²) >= 11 is 0. The van der Waals surface area contributed by atoms with E-state index in [9.17, 15) is 0 Å². The van der Waals surface area contributed by atoms with Crippen LogP contribution in [0.2, 0.25) is 0 Å². The standard InChI is InChI=1S/C14H30N2O/c1-6-13-9-17-12(4)8-16(13)14(5,10-15)7-11(2)3/h11-13H,6-10,15H2,1-5H3. The molecule has 3 heteroatoms. The minimum Gasteiger partial charge on any atom is -0.376 e. The van der Waals surface area contributed by atoms with Crippen LogP contribution in [0.25, 0.3) is 0 Å². The number of nitrogens with zero attached hydrogens (tertiary/aromatic N) is 1. The third-order valence-corrected chi connectivity index (χ3v) is 3.92. The number of hydrogen-bond donors (Lipinski definition) is 1. The van der Waals surface area contributed by atoms with Crippen LogP contribution in [0.4, 0.5) is 0 Å². The Morgan fingerprint density at radius 2 is 2.12 bits per heavy atom. The van der Waals surface area contributed by atoms with E-state index in [4.69, 9.17) is 10.5 Å². The summed E-state index contributed by atoms with van der Waals surface area (Å²) in [5, 5.41) is 0. The van der Waals surface area contributed by atoms with Gasteiger partial charge >= 0.3 is 0 Å². The van der Waals surface area contributed by atoms with Crippen LogP contribution in [0, 0.1) is 5.92 Å². The highest BCUT2D eigenvalue weighted by Gasteiger charge is 2.38. The lowest BCUT2D eigenvalue weighted by atomic mass is 9.86. The SMILES string of the molecule is CCC1COC(C)CN1C(C)(CN)CC(C)C. The van der Waals surface area contributed by atoms with Crippen LogP contribution in [-0.4, -0.2) is 42.3 Å².